The molecule has 1 N–H and O–H groups in total. The van der Waals surface area contributed by atoms with Crippen molar-refractivity contribution in [1.82, 2.24) is 0 Å². The predicted octanol–water partition coefficient (Wildman–Crippen LogP) is 1.94. The van der Waals surface area contributed by atoms with Gasteiger partial charge in [-0.25, -0.2) is 0 Å². The molecule has 0 aliphatic carbocycles. The Morgan fingerprint density at radius 3 is 1.80 bits per heavy atom. The zero-order valence-electron chi connectivity index (χ0n) is 5.48. The summed E-state index contributed by atoms with van der Waals surface area (Å²) in [5.41, 5.74) is 0. The minimum atomic E-state index is -0.750. The van der Waals surface area contributed by atoms with E-state index in [1.807, 2.05) is 0 Å². The molecule has 0 unspecified atom stereocenters. The van der Waals surface area contributed by atoms with Gasteiger partial charge in [0.1, 0.15) is 5.78 Å². The van der Waals surface area contributed by atoms with Crippen molar-refractivity contribution in [1.29, 1.82) is 0 Å². The second-order valence-corrected chi connectivity index (χ2v) is 3.40. The van der Waals surface area contributed by atoms with Crippen molar-refractivity contribution in [3.8, 4) is 0 Å². The highest BCUT2D eigenvalue weighted by Crippen LogP contribution is 2.03. The van der Waals surface area contributed by atoms with Crippen LogP contribution in [0, 0.1) is 0 Å². The molecule has 0 amide bonds. The van der Waals surface area contributed by atoms with E-state index in [1.165, 1.54) is 6.92 Å². The number of alkyl halides is 3. The molecule has 2 nitrogen and oxygen atoms in total. The van der Waals surface area contributed by atoms with E-state index >= 15 is 0 Å². The fourth-order valence-electron chi connectivity index (χ4n) is 0.157. The van der Waals surface area contributed by atoms with E-state index in [-0.39, 0.29) is 12.4 Å². The highest BCUT2D eigenvalue weighted by Gasteiger charge is 1.84. The molecule has 0 aliphatic rings. The second-order valence-electron chi connectivity index (χ2n) is 1.42. The van der Waals surface area contributed by atoms with E-state index in [0.29, 0.717) is 6.42 Å². The van der Waals surface area contributed by atoms with Gasteiger partial charge in [0, 0.05) is 13.0 Å². The van der Waals surface area contributed by atoms with Gasteiger partial charge in [-0.1, -0.05) is 34.8 Å². The summed E-state index contributed by atoms with van der Waals surface area (Å²) in [5, 5.41) is 8.02. The van der Waals surface area contributed by atoms with Crippen LogP contribution in [0.3, 0.4) is 0 Å². The molecule has 0 bridgehead atoms. The van der Waals surface area contributed by atoms with Crippen molar-refractivity contribution in [2.45, 2.75) is 17.6 Å². The van der Waals surface area contributed by atoms with Gasteiger partial charge in [0.25, 0.3) is 0 Å². The number of hydrogen-bond donors (Lipinski definition) is 1. The zero-order valence-corrected chi connectivity index (χ0v) is 7.75. The number of carbonyl (C=O) groups is 1. The standard InChI is InChI=1S/C4H8O2.CHCl3/c1-4(6)2-3-5;2-1(3)4/h5H,2-3H2,1H3;1H. The number of hydrogen-bond acceptors (Lipinski definition) is 2. The first-order valence-corrected chi connectivity index (χ1v) is 3.84. The molecule has 0 aliphatic heterocycles. The molecule has 0 spiro atoms. The lowest BCUT2D eigenvalue weighted by Crippen LogP contribution is -1.92. The van der Waals surface area contributed by atoms with Crippen molar-refractivity contribution in [3.63, 3.8) is 0 Å². The topological polar surface area (TPSA) is 37.3 Å². The molecule has 5 heteroatoms. The van der Waals surface area contributed by atoms with Crippen LogP contribution in [0.15, 0.2) is 0 Å². The van der Waals surface area contributed by atoms with Gasteiger partial charge in [0.2, 0.25) is 0 Å². The Morgan fingerprint density at radius 1 is 1.50 bits per heavy atom. The highest BCUT2D eigenvalue weighted by atomic mass is 35.6. The van der Waals surface area contributed by atoms with Gasteiger partial charge < -0.3 is 5.11 Å². The normalized spacial score (nSPS) is 8.60. The molecule has 0 aromatic rings. The Hall–Kier alpha value is 0.500. The molecule has 0 aromatic heterocycles. The van der Waals surface area contributed by atoms with Crippen LogP contribution in [0.4, 0.5) is 0 Å². The summed E-state index contributed by atoms with van der Waals surface area (Å²) < 4.78 is -0.750. The number of aliphatic hydroxyl groups excluding tert-OH is 1. The van der Waals surface area contributed by atoms with Gasteiger partial charge in [-0.05, 0) is 6.92 Å². The van der Waals surface area contributed by atoms with Gasteiger partial charge >= 0.3 is 0 Å². The summed E-state index contributed by atoms with van der Waals surface area (Å²) in [6, 6.07) is 0. The Labute approximate surface area is 75.1 Å². The molecule has 0 radical (unpaired) electrons. The molecule has 0 saturated carbocycles. The van der Waals surface area contributed by atoms with Gasteiger partial charge in [0.05, 0.1) is 0 Å². The maximum absolute atomic E-state index is 9.88. The number of carbonyl (C=O) groups excluding carboxylic acids is 1. The lowest BCUT2D eigenvalue weighted by Gasteiger charge is -1.80. The van der Waals surface area contributed by atoms with Crippen molar-refractivity contribution in [2.24, 2.45) is 0 Å². The number of rotatable bonds is 2. The van der Waals surface area contributed by atoms with Crippen LogP contribution in [0.5, 0.6) is 0 Å². The SMILES string of the molecule is CC(=O)CCO.ClC(Cl)Cl. The van der Waals surface area contributed by atoms with Crippen LogP contribution >= 0.6 is 34.8 Å². The number of Topliss-reactive ketones (excluding diaryl/α,β-unsaturated/α-hetero) is 1. The predicted molar refractivity (Wildman–Crippen MR) is 43.7 cm³/mol. The molecular weight excluding hydrogens is 198 g/mol. The Balaban J connectivity index is 0. The maximum Gasteiger partial charge on any atom is 0.180 e. The van der Waals surface area contributed by atoms with Crippen molar-refractivity contribution >= 4 is 40.6 Å². The first kappa shape index (κ1) is 13.1. The Bertz CT molecular complexity index is 82.2. The van der Waals surface area contributed by atoms with Gasteiger partial charge in [-0.3, -0.25) is 4.79 Å². The van der Waals surface area contributed by atoms with Gasteiger partial charge in [-0.15, -0.1) is 0 Å². The summed E-state index contributed by atoms with van der Waals surface area (Å²) in [6.45, 7) is 1.44. The number of aliphatic hydroxyl groups is 1. The molecule has 0 saturated heterocycles. The number of halogens is 3. The van der Waals surface area contributed by atoms with E-state index in [9.17, 15) is 4.79 Å². The smallest absolute Gasteiger partial charge is 0.180 e. The van der Waals surface area contributed by atoms with Crippen molar-refractivity contribution < 1.29 is 9.90 Å². The summed E-state index contributed by atoms with van der Waals surface area (Å²) in [5.74, 6) is 0.0394. The van der Waals surface area contributed by atoms with Crippen molar-refractivity contribution in [2.75, 3.05) is 6.61 Å². The molecule has 0 heterocycles. The average molecular weight is 207 g/mol. The van der Waals surface area contributed by atoms with E-state index in [2.05, 4.69) is 0 Å². The zero-order chi connectivity index (χ0) is 8.57. The van der Waals surface area contributed by atoms with Crippen LogP contribution in [-0.4, -0.2) is 21.8 Å². The molecule has 0 atom stereocenters. The molecule has 62 valence electrons. The monoisotopic (exact) mass is 206 g/mol. The van der Waals surface area contributed by atoms with E-state index < -0.39 is 4.30 Å². The number of ketones is 1. The minimum Gasteiger partial charge on any atom is -0.396 e. The maximum atomic E-state index is 9.88. The average Bonchev–Trinajstić information content (AvgIpc) is 1.62. The summed E-state index contributed by atoms with van der Waals surface area (Å²) in [7, 11) is 0. The molecule has 0 rings (SSSR count). The fraction of sp³-hybridized carbons (Fsp3) is 0.800. The largest absolute Gasteiger partial charge is 0.396 e. The van der Waals surface area contributed by atoms with Gasteiger partial charge in [0.15, 0.2) is 4.30 Å². The Kier molecular flexibility index (Phi) is 12.5. The summed E-state index contributed by atoms with van der Waals surface area (Å²) in [6.07, 6.45) is 0.292. The van der Waals surface area contributed by atoms with Crippen molar-refractivity contribution in [3.05, 3.63) is 0 Å². The summed E-state index contributed by atoms with van der Waals surface area (Å²) >= 11 is 14.4. The third-order valence-electron chi connectivity index (χ3n) is 0.464. The molecule has 0 fully saturated rings. The molecule has 0 aromatic carbocycles. The minimum absolute atomic E-state index is 0.0185. The quantitative estimate of drug-likeness (QED) is 0.703. The first-order chi connectivity index (χ1) is 4.50. The van der Waals surface area contributed by atoms with Gasteiger partial charge in [-0.2, -0.15) is 0 Å². The lowest BCUT2D eigenvalue weighted by molar-refractivity contribution is -0.117. The third kappa shape index (κ3) is 39.0. The Morgan fingerprint density at radius 2 is 1.80 bits per heavy atom. The van der Waals surface area contributed by atoms with Crippen LogP contribution in [0.25, 0.3) is 0 Å². The van der Waals surface area contributed by atoms with E-state index in [4.69, 9.17) is 39.9 Å². The van der Waals surface area contributed by atoms with Crippen LogP contribution in [-0.2, 0) is 4.79 Å². The van der Waals surface area contributed by atoms with Crippen LogP contribution in [0.2, 0.25) is 0 Å². The van der Waals surface area contributed by atoms with E-state index in [0.717, 1.165) is 0 Å². The molecule has 10 heavy (non-hydrogen) atoms. The van der Waals surface area contributed by atoms with Crippen LogP contribution in [0.1, 0.15) is 13.3 Å². The lowest BCUT2D eigenvalue weighted by atomic mass is 10.3. The second kappa shape index (κ2) is 9.50. The fourth-order valence-corrected chi connectivity index (χ4v) is 0.157. The van der Waals surface area contributed by atoms with Crippen LogP contribution < -0.4 is 0 Å². The molecular formula is C5H9Cl3O2. The first-order valence-electron chi connectivity index (χ1n) is 2.53. The summed E-state index contributed by atoms with van der Waals surface area (Å²) in [4.78, 5) is 9.88. The van der Waals surface area contributed by atoms with E-state index in [1.54, 1.807) is 0 Å². The third-order valence-corrected chi connectivity index (χ3v) is 0.464. The highest BCUT2D eigenvalue weighted by molar-refractivity contribution is 6.63.